The summed E-state index contributed by atoms with van der Waals surface area (Å²) in [4.78, 5) is 11.7. The van der Waals surface area contributed by atoms with Crippen molar-refractivity contribution in [3.63, 3.8) is 0 Å². The molecular weight excluding hydrogens is 189 g/mol. The van der Waals surface area contributed by atoms with Gasteiger partial charge in [-0.1, -0.05) is 0 Å². The third-order valence-electron chi connectivity index (χ3n) is 1.46. The van der Waals surface area contributed by atoms with Crippen molar-refractivity contribution in [3.05, 3.63) is 30.1 Å². The van der Waals surface area contributed by atoms with Crippen LogP contribution in [0.15, 0.2) is 29.2 Å². The summed E-state index contributed by atoms with van der Waals surface area (Å²) in [7, 11) is 1.59. The van der Waals surface area contributed by atoms with E-state index in [0.29, 0.717) is 5.75 Å². The van der Waals surface area contributed by atoms with Crippen molar-refractivity contribution < 1.29 is 9.18 Å². The maximum Gasteiger partial charge on any atom is 0.230 e. The summed E-state index contributed by atoms with van der Waals surface area (Å²) < 4.78 is 12.5. The van der Waals surface area contributed by atoms with E-state index in [0.717, 1.165) is 4.90 Å². The Morgan fingerprint density at radius 2 is 2.08 bits per heavy atom. The highest BCUT2D eigenvalue weighted by molar-refractivity contribution is 8.00. The largest absolute Gasteiger partial charge is 0.358 e. The molecule has 0 heterocycles. The fourth-order valence-corrected chi connectivity index (χ4v) is 1.52. The van der Waals surface area contributed by atoms with E-state index in [9.17, 15) is 9.18 Å². The average molecular weight is 199 g/mol. The second kappa shape index (κ2) is 4.87. The van der Waals surface area contributed by atoms with E-state index in [1.165, 1.54) is 23.9 Å². The number of nitrogens with one attached hydrogen (secondary N) is 1. The van der Waals surface area contributed by atoms with Gasteiger partial charge in [0.1, 0.15) is 5.82 Å². The molecule has 0 aliphatic carbocycles. The maximum absolute atomic E-state index is 12.5. The molecule has 4 heteroatoms. The first-order valence-corrected chi connectivity index (χ1v) is 4.80. The zero-order chi connectivity index (χ0) is 9.68. The number of amides is 1. The van der Waals surface area contributed by atoms with E-state index in [1.807, 2.05) is 0 Å². The molecule has 0 spiro atoms. The third-order valence-corrected chi connectivity index (χ3v) is 2.47. The molecule has 0 atom stereocenters. The van der Waals surface area contributed by atoms with Gasteiger partial charge in [0, 0.05) is 11.9 Å². The van der Waals surface area contributed by atoms with Gasteiger partial charge >= 0.3 is 0 Å². The monoisotopic (exact) mass is 199 g/mol. The first-order chi connectivity index (χ1) is 6.22. The zero-order valence-corrected chi connectivity index (χ0v) is 8.03. The van der Waals surface area contributed by atoms with Gasteiger partial charge in [0.2, 0.25) is 5.91 Å². The fourth-order valence-electron chi connectivity index (χ4n) is 0.752. The highest BCUT2D eigenvalue weighted by Crippen LogP contribution is 2.17. The van der Waals surface area contributed by atoms with Crippen molar-refractivity contribution in [2.24, 2.45) is 0 Å². The number of hydrogen-bond donors (Lipinski definition) is 1. The van der Waals surface area contributed by atoms with Crippen LogP contribution >= 0.6 is 11.8 Å². The van der Waals surface area contributed by atoms with Crippen LogP contribution in [-0.2, 0) is 4.79 Å². The first kappa shape index (κ1) is 10.1. The van der Waals surface area contributed by atoms with E-state index in [1.54, 1.807) is 19.2 Å². The van der Waals surface area contributed by atoms with Crippen LogP contribution in [0.25, 0.3) is 0 Å². The van der Waals surface area contributed by atoms with Crippen molar-refractivity contribution in [2.45, 2.75) is 4.90 Å². The van der Waals surface area contributed by atoms with Crippen molar-refractivity contribution in [3.8, 4) is 0 Å². The summed E-state index contributed by atoms with van der Waals surface area (Å²) in [5, 5.41) is 2.51. The predicted octanol–water partition coefficient (Wildman–Crippen LogP) is 1.66. The molecule has 0 radical (unpaired) electrons. The maximum atomic E-state index is 12.5. The van der Waals surface area contributed by atoms with Gasteiger partial charge in [-0.15, -0.1) is 11.8 Å². The second-order valence-corrected chi connectivity index (χ2v) is 3.46. The lowest BCUT2D eigenvalue weighted by Gasteiger charge is -1.99. The summed E-state index contributed by atoms with van der Waals surface area (Å²) in [6.45, 7) is 0. The molecular formula is C9H10FNOS. The van der Waals surface area contributed by atoms with Crippen LogP contribution < -0.4 is 5.32 Å². The summed E-state index contributed by atoms with van der Waals surface area (Å²) >= 11 is 1.38. The van der Waals surface area contributed by atoms with E-state index in [4.69, 9.17) is 0 Å². The Morgan fingerprint density at radius 1 is 1.46 bits per heavy atom. The van der Waals surface area contributed by atoms with Gasteiger partial charge in [0.05, 0.1) is 5.75 Å². The van der Waals surface area contributed by atoms with Gasteiger partial charge in [0.25, 0.3) is 0 Å². The van der Waals surface area contributed by atoms with Gasteiger partial charge in [-0.2, -0.15) is 0 Å². The zero-order valence-electron chi connectivity index (χ0n) is 7.21. The summed E-state index contributed by atoms with van der Waals surface area (Å²) in [5.41, 5.74) is 0. The van der Waals surface area contributed by atoms with E-state index in [2.05, 4.69) is 5.32 Å². The van der Waals surface area contributed by atoms with Crippen molar-refractivity contribution >= 4 is 17.7 Å². The molecule has 13 heavy (non-hydrogen) atoms. The highest BCUT2D eigenvalue weighted by Gasteiger charge is 1.99. The molecule has 2 nitrogen and oxygen atoms in total. The Bertz CT molecular complexity index is 286. The van der Waals surface area contributed by atoms with Crippen molar-refractivity contribution in [2.75, 3.05) is 12.8 Å². The lowest BCUT2D eigenvalue weighted by molar-refractivity contribution is -0.118. The van der Waals surface area contributed by atoms with Gasteiger partial charge in [-0.25, -0.2) is 4.39 Å². The van der Waals surface area contributed by atoms with E-state index >= 15 is 0 Å². The lowest BCUT2D eigenvalue weighted by Crippen LogP contribution is -2.19. The molecule has 1 rings (SSSR count). The van der Waals surface area contributed by atoms with Crippen LogP contribution in [0.4, 0.5) is 4.39 Å². The van der Waals surface area contributed by atoms with Crippen LogP contribution in [0.1, 0.15) is 0 Å². The van der Waals surface area contributed by atoms with Gasteiger partial charge in [0.15, 0.2) is 0 Å². The number of benzene rings is 1. The molecule has 0 bridgehead atoms. The molecule has 0 fully saturated rings. The number of rotatable bonds is 3. The van der Waals surface area contributed by atoms with Crippen LogP contribution in [0.3, 0.4) is 0 Å². The normalized spacial score (nSPS) is 9.69. The minimum Gasteiger partial charge on any atom is -0.358 e. The standard InChI is InChI=1S/C9H10FNOS/c1-11-9(12)6-13-8-4-2-7(10)3-5-8/h2-5H,6H2,1H3,(H,11,12). The molecule has 1 aromatic rings. The number of carbonyl (C=O) groups is 1. The Hall–Kier alpha value is -1.03. The molecule has 1 N–H and O–H groups in total. The fraction of sp³-hybridized carbons (Fsp3) is 0.222. The van der Waals surface area contributed by atoms with Crippen LogP contribution in [0.5, 0.6) is 0 Å². The quantitative estimate of drug-likeness (QED) is 0.750. The van der Waals surface area contributed by atoms with Gasteiger partial charge in [-0.05, 0) is 24.3 Å². The second-order valence-electron chi connectivity index (χ2n) is 2.42. The Kier molecular flexibility index (Phi) is 3.76. The van der Waals surface area contributed by atoms with Gasteiger partial charge < -0.3 is 5.32 Å². The highest BCUT2D eigenvalue weighted by atomic mass is 32.2. The third kappa shape index (κ3) is 3.46. The molecule has 0 unspecified atom stereocenters. The van der Waals surface area contributed by atoms with Crippen LogP contribution in [0.2, 0.25) is 0 Å². The molecule has 0 aliphatic heterocycles. The van der Waals surface area contributed by atoms with Gasteiger partial charge in [-0.3, -0.25) is 4.79 Å². The summed E-state index contributed by atoms with van der Waals surface area (Å²) in [6, 6.07) is 6.07. The van der Waals surface area contributed by atoms with Crippen molar-refractivity contribution in [1.29, 1.82) is 0 Å². The molecule has 1 amide bonds. The number of hydrogen-bond acceptors (Lipinski definition) is 2. The SMILES string of the molecule is CNC(=O)CSc1ccc(F)cc1. The van der Waals surface area contributed by atoms with Crippen LogP contribution in [-0.4, -0.2) is 18.7 Å². The lowest BCUT2D eigenvalue weighted by atomic mass is 10.4. The molecule has 70 valence electrons. The Balaban J connectivity index is 2.46. The molecule has 0 aromatic heterocycles. The number of carbonyl (C=O) groups excluding carboxylic acids is 1. The van der Waals surface area contributed by atoms with Crippen molar-refractivity contribution in [1.82, 2.24) is 5.32 Å². The van der Waals surface area contributed by atoms with Crippen LogP contribution in [0, 0.1) is 5.82 Å². The first-order valence-electron chi connectivity index (χ1n) is 3.81. The van der Waals surface area contributed by atoms with E-state index in [-0.39, 0.29) is 11.7 Å². The number of halogens is 1. The minimum atomic E-state index is -0.260. The molecule has 0 saturated heterocycles. The molecule has 0 aliphatic rings. The molecule has 0 saturated carbocycles. The topological polar surface area (TPSA) is 29.1 Å². The average Bonchev–Trinajstić information content (AvgIpc) is 2.16. The Labute approximate surface area is 80.5 Å². The Morgan fingerprint density at radius 3 is 2.62 bits per heavy atom. The summed E-state index contributed by atoms with van der Waals surface area (Å²) in [5.74, 6) is 0.0703. The minimum absolute atomic E-state index is 0.0330. The molecule has 1 aromatic carbocycles. The number of thioether (sulfide) groups is 1. The summed E-state index contributed by atoms with van der Waals surface area (Å²) in [6.07, 6.45) is 0. The smallest absolute Gasteiger partial charge is 0.230 e. The predicted molar refractivity (Wildman–Crippen MR) is 51.2 cm³/mol. The van der Waals surface area contributed by atoms with E-state index < -0.39 is 0 Å².